The molecule has 0 aromatic heterocycles. The first-order chi connectivity index (χ1) is 14.8. The summed E-state index contributed by atoms with van der Waals surface area (Å²) >= 11 is 5.82. The Hall–Kier alpha value is -3.62. The quantitative estimate of drug-likeness (QED) is 0.494. The fourth-order valence-corrected chi connectivity index (χ4v) is 4.29. The van der Waals surface area contributed by atoms with Crippen molar-refractivity contribution in [1.29, 1.82) is 0 Å². The predicted octanol–water partition coefficient (Wildman–Crippen LogP) is 3.61. The summed E-state index contributed by atoms with van der Waals surface area (Å²) in [5.41, 5.74) is 7.38. The maximum atomic E-state index is 12.7. The molecule has 7 nitrogen and oxygen atoms in total. The number of hydrazine groups is 1. The highest BCUT2D eigenvalue weighted by molar-refractivity contribution is 7.92. The van der Waals surface area contributed by atoms with Crippen molar-refractivity contribution in [1.82, 2.24) is 10.9 Å². The molecule has 1 amide bonds. The first-order valence-electron chi connectivity index (χ1n) is 9.14. The fraction of sp³-hybridized carbons (Fsp3) is 0. The fourth-order valence-electron chi connectivity index (χ4n) is 3.06. The molecule has 4 rings (SSSR count). The van der Waals surface area contributed by atoms with Gasteiger partial charge < -0.3 is 0 Å². The van der Waals surface area contributed by atoms with E-state index in [2.05, 4.69) is 15.6 Å². The number of amides is 1. The third kappa shape index (κ3) is 4.45. The molecule has 0 spiro atoms. The summed E-state index contributed by atoms with van der Waals surface area (Å²) in [5.74, 6) is -0.713. The van der Waals surface area contributed by atoms with Gasteiger partial charge in [-0.05, 0) is 42.5 Å². The van der Waals surface area contributed by atoms with Crippen molar-refractivity contribution in [3.05, 3.63) is 101 Å². The SMILES string of the molecule is O=C(NNC1=CC(=O)c2ccccc21)c1cccc(S(=O)(=O)Nc2ccc(Cl)cc2)c1. The summed E-state index contributed by atoms with van der Waals surface area (Å²) < 4.78 is 27.8. The minimum absolute atomic E-state index is 0.0734. The van der Waals surface area contributed by atoms with Crippen molar-refractivity contribution in [2.24, 2.45) is 0 Å². The molecule has 3 aromatic carbocycles. The highest BCUT2D eigenvalue weighted by Gasteiger charge is 2.21. The molecule has 0 radical (unpaired) electrons. The normalized spacial score (nSPS) is 12.7. The van der Waals surface area contributed by atoms with Crippen LogP contribution < -0.4 is 15.6 Å². The summed E-state index contributed by atoms with van der Waals surface area (Å²) in [6, 6.07) is 18.8. The van der Waals surface area contributed by atoms with Crippen LogP contribution in [0.3, 0.4) is 0 Å². The average Bonchev–Trinajstić information content (AvgIpc) is 3.09. The number of hydrogen-bond acceptors (Lipinski definition) is 5. The molecular weight excluding hydrogens is 438 g/mol. The molecule has 0 aliphatic heterocycles. The van der Waals surface area contributed by atoms with Gasteiger partial charge in [-0.3, -0.25) is 25.2 Å². The molecule has 0 heterocycles. The zero-order valence-corrected chi connectivity index (χ0v) is 17.5. The van der Waals surface area contributed by atoms with Crippen LogP contribution in [0, 0.1) is 0 Å². The number of carbonyl (C=O) groups excluding carboxylic acids is 2. The number of anilines is 1. The lowest BCUT2D eigenvalue weighted by atomic mass is 10.1. The molecule has 0 saturated carbocycles. The molecule has 3 N–H and O–H groups in total. The van der Waals surface area contributed by atoms with Crippen molar-refractivity contribution in [3.63, 3.8) is 0 Å². The van der Waals surface area contributed by atoms with Gasteiger partial charge in [0.05, 0.1) is 10.6 Å². The van der Waals surface area contributed by atoms with E-state index in [9.17, 15) is 18.0 Å². The first kappa shape index (κ1) is 20.6. The smallest absolute Gasteiger partial charge is 0.269 e. The molecule has 0 saturated heterocycles. The summed E-state index contributed by atoms with van der Waals surface area (Å²) in [6.45, 7) is 0. The van der Waals surface area contributed by atoms with Crippen LogP contribution in [0.2, 0.25) is 5.02 Å². The van der Waals surface area contributed by atoms with Crippen LogP contribution >= 0.6 is 11.6 Å². The van der Waals surface area contributed by atoms with Crippen LogP contribution in [0.15, 0.2) is 83.8 Å². The largest absolute Gasteiger partial charge is 0.298 e. The molecule has 9 heteroatoms. The predicted molar refractivity (Wildman–Crippen MR) is 118 cm³/mol. The van der Waals surface area contributed by atoms with Crippen molar-refractivity contribution in [2.45, 2.75) is 4.90 Å². The Kier molecular flexibility index (Phi) is 5.50. The van der Waals surface area contributed by atoms with Gasteiger partial charge >= 0.3 is 0 Å². The highest BCUT2D eigenvalue weighted by atomic mass is 35.5. The van der Waals surface area contributed by atoms with E-state index in [0.717, 1.165) is 0 Å². The summed E-state index contributed by atoms with van der Waals surface area (Å²) in [5, 5.41) is 0.482. The molecule has 0 atom stereocenters. The van der Waals surface area contributed by atoms with Crippen LogP contribution in [0.25, 0.3) is 5.70 Å². The number of fused-ring (bicyclic) bond motifs is 1. The Balaban J connectivity index is 1.48. The minimum atomic E-state index is -3.91. The van der Waals surface area contributed by atoms with E-state index in [1.807, 2.05) is 0 Å². The Morgan fingerprint density at radius 2 is 1.58 bits per heavy atom. The van der Waals surface area contributed by atoms with E-state index in [1.165, 1.54) is 42.5 Å². The van der Waals surface area contributed by atoms with Gasteiger partial charge in [0, 0.05) is 33.5 Å². The second-order valence-electron chi connectivity index (χ2n) is 6.69. The van der Waals surface area contributed by atoms with Gasteiger partial charge in [-0.1, -0.05) is 41.9 Å². The lowest BCUT2D eigenvalue weighted by Crippen LogP contribution is -2.36. The molecule has 1 aliphatic rings. The monoisotopic (exact) mass is 453 g/mol. The molecule has 3 aromatic rings. The van der Waals surface area contributed by atoms with Crippen molar-refractivity contribution in [3.8, 4) is 0 Å². The van der Waals surface area contributed by atoms with Crippen molar-refractivity contribution in [2.75, 3.05) is 4.72 Å². The topological polar surface area (TPSA) is 104 Å². The number of benzene rings is 3. The Morgan fingerprint density at radius 1 is 0.871 bits per heavy atom. The standard InChI is InChI=1S/C22H16ClN3O4S/c23-15-8-10-16(11-9-15)26-31(29,30)17-5-3-4-14(12-17)22(28)25-24-20-13-21(27)19-7-2-1-6-18(19)20/h1-13,24,26H,(H,25,28). The average molecular weight is 454 g/mol. The molecule has 31 heavy (non-hydrogen) atoms. The summed E-state index contributed by atoms with van der Waals surface area (Å²) in [7, 11) is -3.91. The third-order valence-corrected chi connectivity index (χ3v) is 6.20. The van der Waals surface area contributed by atoms with Crippen LogP contribution in [-0.2, 0) is 10.0 Å². The number of hydrogen-bond donors (Lipinski definition) is 3. The van der Waals surface area contributed by atoms with Gasteiger partial charge in [0.15, 0.2) is 5.78 Å². The van der Waals surface area contributed by atoms with Gasteiger partial charge in [0.25, 0.3) is 15.9 Å². The van der Waals surface area contributed by atoms with Crippen LogP contribution in [0.5, 0.6) is 0 Å². The van der Waals surface area contributed by atoms with Gasteiger partial charge in [-0.15, -0.1) is 0 Å². The minimum Gasteiger partial charge on any atom is -0.298 e. The van der Waals surface area contributed by atoms with Crippen LogP contribution in [0.4, 0.5) is 5.69 Å². The lowest BCUT2D eigenvalue weighted by molar-refractivity contribution is 0.0941. The van der Waals surface area contributed by atoms with Crippen LogP contribution in [-0.4, -0.2) is 20.1 Å². The van der Waals surface area contributed by atoms with E-state index in [-0.39, 0.29) is 16.2 Å². The second-order valence-corrected chi connectivity index (χ2v) is 8.81. The van der Waals surface area contributed by atoms with E-state index in [1.54, 1.807) is 36.4 Å². The van der Waals surface area contributed by atoms with E-state index in [4.69, 9.17) is 11.6 Å². The number of rotatable bonds is 6. The van der Waals surface area contributed by atoms with E-state index in [0.29, 0.717) is 27.5 Å². The van der Waals surface area contributed by atoms with Gasteiger partial charge in [-0.25, -0.2) is 8.42 Å². The molecular formula is C22H16ClN3O4S. The summed E-state index contributed by atoms with van der Waals surface area (Å²) in [4.78, 5) is 24.5. The number of nitrogens with one attached hydrogen (secondary N) is 3. The second kappa shape index (κ2) is 8.25. The summed E-state index contributed by atoms with van der Waals surface area (Å²) in [6.07, 6.45) is 1.39. The van der Waals surface area contributed by atoms with E-state index < -0.39 is 15.9 Å². The zero-order chi connectivity index (χ0) is 22.0. The van der Waals surface area contributed by atoms with Crippen LogP contribution in [0.1, 0.15) is 26.3 Å². The Bertz CT molecular complexity index is 1320. The van der Waals surface area contributed by atoms with Gasteiger partial charge in [-0.2, -0.15) is 0 Å². The number of carbonyl (C=O) groups is 2. The number of allylic oxidation sites excluding steroid dienone is 1. The first-order valence-corrected chi connectivity index (χ1v) is 11.0. The third-order valence-electron chi connectivity index (χ3n) is 4.57. The molecule has 0 unspecified atom stereocenters. The maximum Gasteiger partial charge on any atom is 0.269 e. The Labute approximate surface area is 183 Å². The zero-order valence-electron chi connectivity index (χ0n) is 15.9. The molecule has 0 bridgehead atoms. The van der Waals surface area contributed by atoms with Gasteiger partial charge in [0.1, 0.15) is 0 Å². The number of sulfonamides is 1. The van der Waals surface area contributed by atoms with Gasteiger partial charge in [0.2, 0.25) is 0 Å². The number of ketones is 1. The maximum absolute atomic E-state index is 12.7. The molecule has 156 valence electrons. The number of halogens is 1. The van der Waals surface area contributed by atoms with Crippen molar-refractivity contribution < 1.29 is 18.0 Å². The lowest BCUT2D eigenvalue weighted by Gasteiger charge is -2.12. The molecule has 0 fully saturated rings. The Morgan fingerprint density at radius 3 is 2.32 bits per heavy atom. The highest BCUT2D eigenvalue weighted by Crippen LogP contribution is 2.24. The van der Waals surface area contributed by atoms with Crippen molar-refractivity contribution >= 4 is 44.7 Å². The molecule has 1 aliphatic carbocycles. The van der Waals surface area contributed by atoms with E-state index >= 15 is 0 Å².